The minimum atomic E-state index is -0.156. The molecule has 7 nitrogen and oxygen atoms in total. The number of carbonyl (C=O) groups is 2. The van der Waals surface area contributed by atoms with Gasteiger partial charge in [0.1, 0.15) is 0 Å². The minimum Gasteiger partial charge on any atom is -0.378 e. The Labute approximate surface area is 148 Å². The first-order chi connectivity index (χ1) is 12.1. The van der Waals surface area contributed by atoms with Gasteiger partial charge in [-0.2, -0.15) is 0 Å². The fraction of sp³-hybridized carbons (Fsp3) is 0.611. The lowest BCUT2D eigenvalue weighted by molar-refractivity contribution is -0.141. The summed E-state index contributed by atoms with van der Waals surface area (Å²) in [5, 5.41) is 0. The zero-order chi connectivity index (χ0) is 17.8. The molecule has 0 aliphatic carbocycles. The van der Waals surface area contributed by atoms with Crippen LogP contribution in [-0.2, 0) is 9.53 Å². The molecule has 2 amide bonds. The number of morpholine rings is 1. The Hall–Kier alpha value is -1.99. The van der Waals surface area contributed by atoms with Crippen molar-refractivity contribution in [2.75, 3.05) is 52.5 Å². The van der Waals surface area contributed by atoms with Crippen molar-refractivity contribution < 1.29 is 14.3 Å². The van der Waals surface area contributed by atoms with Crippen molar-refractivity contribution >= 4 is 11.8 Å². The van der Waals surface area contributed by atoms with E-state index in [-0.39, 0.29) is 17.9 Å². The molecular formula is C18H26N4O3. The third-order valence-corrected chi connectivity index (χ3v) is 4.99. The molecule has 2 saturated heterocycles. The minimum absolute atomic E-state index is 0.0132. The fourth-order valence-electron chi connectivity index (χ4n) is 3.29. The van der Waals surface area contributed by atoms with Crippen molar-refractivity contribution in [2.24, 2.45) is 0 Å². The monoisotopic (exact) mass is 346 g/mol. The molecule has 1 aromatic rings. The molecule has 3 rings (SSSR count). The molecule has 0 N–H and O–H groups in total. The van der Waals surface area contributed by atoms with Crippen LogP contribution in [0.2, 0.25) is 0 Å². The second-order valence-corrected chi connectivity index (χ2v) is 6.63. The molecule has 0 saturated carbocycles. The number of aromatic nitrogens is 1. The van der Waals surface area contributed by atoms with Gasteiger partial charge in [-0.05, 0) is 26.0 Å². The van der Waals surface area contributed by atoms with Gasteiger partial charge in [0, 0.05) is 51.2 Å². The molecule has 2 aliphatic rings. The Bertz CT molecular complexity index is 605. The van der Waals surface area contributed by atoms with Gasteiger partial charge in [0.25, 0.3) is 5.91 Å². The van der Waals surface area contributed by atoms with E-state index >= 15 is 0 Å². The molecular weight excluding hydrogens is 320 g/mol. The first kappa shape index (κ1) is 17.8. The van der Waals surface area contributed by atoms with Gasteiger partial charge in [0.05, 0.1) is 24.8 Å². The van der Waals surface area contributed by atoms with Crippen molar-refractivity contribution in [3.8, 4) is 0 Å². The van der Waals surface area contributed by atoms with Gasteiger partial charge in [-0.15, -0.1) is 0 Å². The maximum Gasteiger partial charge on any atom is 0.255 e. The summed E-state index contributed by atoms with van der Waals surface area (Å²) in [6.07, 6.45) is 1.63. The quantitative estimate of drug-likeness (QED) is 0.792. The van der Waals surface area contributed by atoms with Crippen LogP contribution in [0.1, 0.15) is 23.0 Å². The van der Waals surface area contributed by atoms with Gasteiger partial charge in [-0.1, -0.05) is 0 Å². The largest absolute Gasteiger partial charge is 0.378 e. The molecule has 0 bridgehead atoms. The molecule has 0 aromatic carbocycles. The Kier molecular flexibility index (Phi) is 5.65. The van der Waals surface area contributed by atoms with Crippen molar-refractivity contribution in [3.63, 3.8) is 0 Å². The van der Waals surface area contributed by atoms with Crippen LogP contribution in [0.25, 0.3) is 0 Å². The summed E-state index contributed by atoms with van der Waals surface area (Å²) < 4.78 is 5.31. The average Bonchev–Trinajstić information content (AvgIpc) is 2.67. The molecule has 25 heavy (non-hydrogen) atoms. The normalized spacial score (nSPS) is 20.4. The maximum absolute atomic E-state index is 12.6. The van der Waals surface area contributed by atoms with E-state index in [4.69, 9.17) is 4.74 Å². The van der Waals surface area contributed by atoms with Crippen LogP contribution >= 0.6 is 0 Å². The molecule has 3 heterocycles. The molecule has 1 atom stereocenters. The second kappa shape index (κ2) is 7.93. The van der Waals surface area contributed by atoms with Crippen LogP contribution in [0.15, 0.2) is 18.3 Å². The first-order valence-electron chi connectivity index (χ1n) is 8.89. The van der Waals surface area contributed by atoms with E-state index in [0.29, 0.717) is 58.0 Å². The highest BCUT2D eigenvalue weighted by molar-refractivity contribution is 5.94. The van der Waals surface area contributed by atoms with Gasteiger partial charge >= 0.3 is 0 Å². The van der Waals surface area contributed by atoms with E-state index in [9.17, 15) is 9.59 Å². The summed E-state index contributed by atoms with van der Waals surface area (Å²) in [6, 6.07) is 3.52. The van der Waals surface area contributed by atoms with Crippen molar-refractivity contribution in [2.45, 2.75) is 19.9 Å². The Morgan fingerprint density at radius 1 is 1.04 bits per heavy atom. The number of nitrogens with zero attached hydrogens (tertiary/aromatic N) is 4. The maximum atomic E-state index is 12.6. The van der Waals surface area contributed by atoms with E-state index in [2.05, 4.69) is 9.88 Å². The fourth-order valence-corrected chi connectivity index (χ4v) is 3.29. The molecule has 2 aliphatic heterocycles. The molecule has 1 aromatic heterocycles. The van der Waals surface area contributed by atoms with Crippen LogP contribution in [-0.4, -0.2) is 90.0 Å². The summed E-state index contributed by atoms with van der Waals surface area (Å²) >= 11 is 0. The Balaban J connectivity index is 1.53. The number of pyridine rings is 1. The SMILES string of the molecule is Cc1ccc(C(=O)N2CCN(C(C)C(=O)N3CCOCC3)CC2)cn1. The number of ether oxygens (including phenoxy) is 1. The lowest BCUT2D eigenvalue weighted by atomic mass is 10.1. The number of aryl methyl sites for hydroxylation is 1. The molecule has 0 radical (unpaired) electrons. The van der Waals surface area contributed by atoms with Gasteiger partial charge in [0.15, 0.2) is 0 Å². The highest BCUT2D eigenvalue weighted by atomic mass is 16.5. The van der Waals surface area contributed by atoms with Gasteiger partial charge in [-0.25, -0.2) is 0 Å². The number of carbonyl (C=O) groups excluding carboxylic acids is 2. The van der Waals surface area contributed by atoms with Crippen LogP contribution in [0.3, 0.4) is 0 Å². The van der Waals surface area contributed by atoms with Gasteiger partial charge in [0.2, 0.25) is 5.91 Å². The van der Waals surface area contributed by atoms with E-state index < -0.39 is 0 Å². The number of piperazine rings is 1. The van der Waals surface area contributed by atoms with E-state index in [1.807, 2.05) is 35.8 Å². The summed E-state index contributed by atoms with van der Waals surface area (Å²) in [4.78, 5) is 35.2. The summed E-state index contributed by atoms with van der Waals surface area (Å²) in [5.74, 6) is 0.171. The second-order valence-electron chi connectivity index (χ2n) is 6.63. The highest BCUT2D eigenvalue weighted by Crippen LogP contribution is 2.13. The smallest absolute Gasteiger partial charge is 0.255 e. The number of rotatable bonds is 3. The number of hydrogen-bond donors (Lipinski definition) is 0. The lowest BCUT2D eigenvalue weighted by Gasteiger charge is -2.39. The molecule has 136 valence electrons. The topological polar surface area (TPSA) is 66.0 Å². The predicted octanol–water partition coefficient (Wildman–Crippen LogP) is 0.395. The van der Waals surface area contributed by atoms with Crippen LogP contribution in [0.5, 0.6) is 0 Å². The summed E-state index contributed by atoms with van der Waals surface area (Å²) in [6.45, 7) is 9.12. The molecule has 0 spiro atoms. The van der Waals surface area contributed by atoms with Crippen LogP contribution in [0, 0.1) is 6.92 Å². The number of hydrogen-bond acceptors (Lipinski definition) is 5. The van der Waals surface area contributed by atoms with Crippen LogP contribution in [0.4, 0.5) is 0 Å². The van der Waals surface area contributed by atoms with Crippen LogP contribution < -0.4 is 0 Å². The third kappa shape index (κ3) is 4.16. The van der Waals surface area contributed by atoms with E-state index in [1.165, 1.54) is 0 Å². The molecule has 1 unspecified atom stereocenters. The van der Waals surface area contributed by atoms with Crippen molar-refractivity contribution in [1.82, 2.24) is 19.7 Å². The average molecular weight is 346 g/mol. The van der Waals surface area contributed by atoms with Gasteiger partial charge in [-0.3, -0.25) is 19.5 Å². The lowest BCUT2D eigenvalue weighted by Crippen LogP contribution is -2.56. The Morgan fingerprint density at radius 3 is 2.32 bits per heavy atom. The van der Waals surface area contributed by atoms with Crippen molar-refractivity contribution in [1.29, 1.82) is 0 Å². The van der Waals surface area contributed by atoms with E-state index in [1.54, 1.807) is 6.20 Å². The van der Waals surface area contributed by atoms with Crippen molar-refractivity contribution in [3.05, 3.63) is 29.6 Å². The zero-order valence-corrected chi connectivity index (χ0v) is 15.0. The first-order valence-corrected chi connectivity index (χ1v) is 8.89. The Morgan fingerprint density at radius 2 is 1.72 bits per heavy atom. The summed E-state index contributed by atoms with van der Waals surface area (Å²) in [5.41, 5.74) is 1.52. The van der Waals surface area contributed by atoms with E-state index in [0.717, 1.165) is 5.69 Å². The molecule has 7 heteroatoms. The molecule has 2 fully saturated rings. The summed E-state index contributed by atoms with van der Waals surface area (Å²) in [7, 11) is 0. The van der Waals surface area contributed by atoms with Gasteiger partial charge < -0.3 is 14.5 Å². The standard InChI is InChI=1S/C18H26N4O3/c1-14-3-4-16(13-19-14)18(24)21-7-5-20(6-8-21)15(2)17(23)22-9-11-25-12-10-22/h3-4,13,15H,5-12H2,1-2H3. The zero-order valence-electron chi connectivity index (χ0n) is 15.0. The highest BCUT2D eigenvalue weighted by Gasteiger charge is 2.30. The number of amides is 2. The third-order valence-electron chi connectivity index (χ3n) is 4.99. The predicted molar refractivity (Wildman–Crippen MR) is 93.3 cm³/mol.